The number of piperidine rings is 1. The molecule has 2 aliphatic heterocycles. The van der Waals surface area contributed by atoms with Crippen molar-refractivity contribution in [3.63, 3.8) is 0 Å². The second-order valence-corrected chi connectivity index (χ2v) is 7.06. The molecular weight excluding hydrogens is 408 g/mol. The molecular formula is C21H19F2N5O3. The maximum absolute atomic E-state index is 14.2. The van der Waals surface area contributed by atoms with Gasteiger partial charge in [-0.05, 0) is 43.5 Å². The van der Waals surface area contributed by atoms with Crippen molar-refractivity contribution in [3.05, 3.63) is 70.3 Å². The molecule has 3 N–H and O–H groups in total. The number of hydrogen-bond acceptors (Lipinski definition) is 7. The Morgan fingerprint density at radius 1 is 1.13 bits per heavy atom. The highest BCUT2D eigenvalue weighted by Gasteiger charge is 2.28. The molecule has 1 saturated heterocycles. The van der Waals surface area contributed by atoms with Crippen LogP contribution in [0.4, 0.5) is 20.3 Å². The third kappa shape index (κ3) is 3.72. The fourth-order valence-electron chi connectivity index (χ4n) is 3.68. The minimum Gasteiger partial charge on any atom is -0.465 e. The van der Waals surface area contributed by atoms with Gasteiger partial charge in [-0.25, -0.2) is 13.6 Å². The Labute approximate surface area is 176 Å². The third-order valence-electron chi connectivity index (χ3n) is 5.18. The number of fused-ring (bicyclic) bond motifs is 2. The first-order valence-electron chi connectivity index (χ1n) is 9.58. The predicted octanol–water partition coefficient (Wildman–Crippen LogP) is 3.24. The molecule has 31 heavy (non-hydrogen) atoms. The number of aromatic nitrogens is 2. The summed E-state index contributed by atoms with van der Waals surface area (Å²) in [6.45, 7) is 0. The number of hydrogen-bond donors (Lipinski definition) is 2. The Bertz CT molecular complexity index is 1130. The van der Waals surface area contributed by atoms with Crippen molar-refractivity contribution >= 4 is 23.4 Å². The van der Waals surface area contributed by atoms with Crippen molar-refractivity contribution in [2.24, 2.45) is 5.73 Å². The molecule has 1 fully saturated rings. The van der Waals surface area contributed by atoms with Crippen molar-refractivity contribution in [2.45, 2.75) is 25.7 Å². The Balaban J connectivity index is 1.60. The van der Waals surface area contributed by atoms with Gasteiger partial charge < -0.3 is 15.8 Å². The van der Waals surface area contributed by atoms with E-state index in [9.17, 15) is 18.4 Å². The van der Waals surface area contributed by atoms with E-state index in [1.54, 1.807) is 6.07 Å². The van der Waals surface area contributed by atoms with Crippen LogP contribution in [-0.4, -0.2) is 29.2 Å². The third-order valence-corrected chi connectivity index (χ3v) is 5.18. The quantitative estimate of drug-likeness (QED) is 0.721. The van der Waals surface area contributed by atoms with E-state index in [1.807, 2.05) is 11.0 Å². The second kappa shape index (κ2) is 8.13. The highest BCUT2D eigenvalue weighted by atomic mass is 19.1. The Morgan fingerprint density at radius 2 is 1.90 bits per heavy atom. The number of nitrogens with one attached hydrogen (secondary N) is 1. The minimum atomic E-state index is -1.12. The fraction of sp³-hybridized carbons (Fsp3) is 0.238. The lowest BCUT2D eigenvalue weighted by Crippen LogP contribution is -2.32. The van der Waals surface area contributed by atoms with Crippen LogP contribution in [0.5, 0.6) is 0 Å². The van der Waals surface area contributed by atoms with Crippen LogP contribution < -0.4 is 16.0 Å². The van der Waals surface area contributed by atoms with Gasteiger partial charge >= 0.3 is 5.97 Å². The number of amides is 1. The zero-order valence-corrected chi connectivity index (χ0v) is 16.6. The van der Waals surface area contributed by atoms with E-state index in [-0.39, 0.29) is 5.69 Å². The SMILES string of the molecule is COC(=O)c1c(F)ccc(F)c1NC(=O)c1ccc(N2C3=CCC(N)=C2CCC3)nn1. The van der Waals surface area contributed by atoms with Crippen LogP contribution in [0.3, 0.4) is 0 Å². The minimum absolute atomic E-state index is 0.138. The van der Waals surface area contributed by atoms with Gasteiger partial charge in [-0.2, -0.15) is 0 Å². The fourth-order valence-corrected chi connectivity index (χ4v) is 3.68. The predicted molar refractivity (Wildman–Crippen MR) is 108 cm³/mol. The van der Waals surface area contributed by atoms with E-state index < -0.39 is 34.8 Å². The number of carbonyl (C=O) groups excluding carboxylic acids is 2. The van der Waals surface area contributed by atoms with Gasteiger partial charge in [-0.3, -0.25) is 9.69 Å². The normalized spacial score (nSPS) is 15.5. The number of esters is 1. The molecule has 2 bridgehead atoms. The average Bonchev–Trinajstić information content (AvgIpc) is 2.78. The average molecular weight is 427 g/mol. The van der Waals surface area contributed by atoms with E-state index in [2.05, 4.69) is 20.3 Å². The summed E-state index contributed by atoms with van der Waals surface area (Å²) in [5, 5.41) is 10.2. The Hall–Kier alpha value is -3.82. The summed E-state index contributed by atoms with van der Waals surface area (Å²) < 4.78 is 32.8. The van der Waals surface area contributed by atoms with E-state index >= 15 is 0 Å². The number of nitrogens with two attached hydrogens (primary N) is 1. The van der Waals surface area contributed by atoms with Gasteiger partial charge in [0.2, 0.25) is 0 Å². The van der Waals surface area contributed by atoms with Gasteiger partial charge in [0.05, 0.1) is 12.8 Å². The molecule has 0 radical (unpaired) electrons. The number of halogens is 2. The highest BCUT2D eigenvalue weighted by molar-refractivity contribution is 6.07. The molecule has 0 unspecified atom stereocenters. The number of benzene rings is 1. The van der Waals surface area contributed by atoms with Gasteiger partial charge in [-0.1, -0.05) is 6.08 Å². The lowest BCUT2D eigenvalue weighted by atomic mass is 9.96. The lowest BCUT2D eigenvalue weighted by molar-refractivity contribution is 0.0596. The summed E-state index contributed by atoms with van der Waals surface area (Å²) in [7, 11) is 1.02. The van der Waals surface area contributed by atoms with Crippen LogP contribution in [0.1, 0.15) is 46.5 Å². The molecule has 0 aliphatic carbocycles. The Kier molecular flexibility index (Phi) is 5.37. The van der Waals surface area contributed by atoms with Crippen molar-refractivity contribution in [1.82, 2.24) is 10.2 Å². The number of nitrogens with zero attached hydrogens (tertiary/aromatic N) is 3. The molecule has 2 aromatic rings. The maximum atomic E-state index is 14.2. The summed E-state index contributed by atoms with van der Waals surface area (Å²) in [6.07, 6.45) is 5.43. The molecule has 3 heterocycles. The summed E-state index contributed by atoms with van der Waals surface area (Å²) in [4.78, 5) is 26.3. The molecule has 4 rings (SSSR count). The van der Waals surface area contributed by atoms with Crippen molar-refractivity contribution in [3.8, 4) is 0 Å². The molecule has 10 heteroatoms. The van der Waals surface area contributed by atoms with Crippen LogP contribution >= 0.6 is 0 Å². The number of allylic oxidation sites excluding steroid dienone is 3. The zero-order valence-electron chi connectivity index (χ0n) is 16.6. The first-order valence-corrected chi connectivity index (χ1v) is 9.58. The molecule has 8 nitrogen and oxygen atoms in total. The van der Waals surface area contributed by atoms with Crippen molar-refractivity contribution < 1.29 is 23.1 Å². The molecule has 1 aromatic carbocycles. The van der Waals surface area contributed by atoms with Crippen molar-refractivity contribution in [1.29, 1.82) is 0 Å². The van der Waals surface area contributed by atoms with Crippen LogP contribution in [0, 0.1) is 11.6 Å². The first kappa shape index (κ1) is 20.5. The van der Waals surface area contributed by atoms with Crippen LogP contribution in [-0.2, 0) is 4.74 Å². The topological polar surface area (TPSA) is 110 Å². The van der Waals surface area contributed by atoms with Gasteiger partial charge in [0.15, 0.2) is 11.5 Å². The van der Waals surface area contributed by atoms with Gasteiger partial charge in [0.25, 0.3) is 5.91 Å². The maximum Gasteiger partial charge on any atom is 0.343 e. The van der Waals surface area contributed by atoms with Gasteiger partial charge in [-0.15, -0.1) is 10.2 Å². The summed E-state index contributed by atoms with van der Waals surface area (Å²) in [5.41, 5.74) is 7.47. The number of rotatable bonds is 4. The van der Waals surface area contributed by atoms with Crippen LogP contribution in [0.15, 0.2) is 47.4 Å². The summed E-state index contributed by atoms with van der Waals surface area (Å²) >= 11 is 0. The number of carbonyl (C=O) groups is 2. The number of anilines is 2. The van der Waals surface area contributed by atoms with Gasteiger partial charge in [0, 0.05) is 23.5 Å². The molecule has 1 aromatic heterocycles. The van der Waals surface area contributed by atoms with E-state index in [0.717, 1.165) is 55.6 Å². The molecule has 0 saturated carbocycles. The summed E-state index contributed by atoms with van der Waals surface area (Å²) in [5.74, 6) is -3.49. The van der Waals surface area contributed by atoms with Crippen LogP contribution in [0.2, 0.25) is 0 Å². The van der Waals surface area contributed by atoms with Crippen molar-refractivity contribution in [2.75, 3.05) is 17.3 Å². The smallest absolute Gasteiger partial charge is 0.343 e. The number of ether oxygens (including phenoxy) is 1. The van der Waals surface area contributed by atoms with E-state index in [1.165, 1.54) is 6.07 Å². The van der Waals surface area contributed by atoms with E-state index in [0.29, 0.717) is 12.2 Å². The monoisotopic (exact) mass is 427 g/mol. The van der Waals surface area contributed by atoms with Crippen LogP contribution in [0.25, 0.3) is 0 Å². The summed E-state index contributed by atoms with van der Waals surface area (Å²) in [6, 6.07) is 4.58. The second-order valence-electron chi connectivity index (χ2n) is 7.06. The zero-order chi connectivity index (χ0) is 22.1. The largest absolute Gasteiger partial charge is 0.465 e. The van der Waals surface area contributed by atoms with E-state index in [4.69, 9.17) is 5.73 Å². The highest BCUT2D eigenvalue weighted by Crippen LogP contribution is 2.37. The molecule has 1 amide bonds. The molecule has 160 valence electrons. The lowest BCUT2D eigenvalue weighted by Gasteiger charge is -2.36. The van der Waals surface area contributed by atoms with Gasteiger partial charge in [0.1, 0.15) is 17.2 Å². The molecule has 2 aliphatic rings. The standard InChI is InChI=1S/C21H19F2N5O3/c1-31-21(30)18-12(22)6-7-13(23)19(18)25-20(29)15-9-10-17(27-26-15)28-11-3-2-4-16(28)14(24)8-5-11/h5-7,9-10H,2-4,8,24H2,1H3,(H,25,29). The first-order chi connectivity index (χ1) is 14.9. The molecule has 0 spiro atoms. The number of methoxy groups -OCH3 is 1. The Morgan fingerprint density at radius 3 is 2.61 bits per heavy atom. The molecule has 0 atom stereocenters.